The molecule has 0 aliphatic heterocycles. The Balaban J connectivity index is 1.62. The van der Waals surface area contributed by atoms with Crippen LogP contribution < -0.4 is 5.32 Å². The van der Waals surface area contributed by atoms with E-state index in [1.807, 2.05) is 43.4 Å². The molecule has 0 bridgehead atoms. The van der Waals surface area contributed by atoms with Crippen LogP contribution in [0.25, 0.3) is 22.0 Å². The molecular weight excluding hydrogens is 374 g/mol. The van der Waals surface area contributed by atoms with Gasteiger partial charge in [-0.3, -0.25) is 9.78 Å². The Morgan fingerprint density at radius 1 is 0.933 bits per heavy atom. The molecule has 4 rings (SSSR count). The number of carbonyl (C=O) groups excluding carboxylic acids is 1. The molecule has 0 aliphatic rings. The molecule has 0 saturated heterocycles. The van der Waals surface area contributed by atoms with E-state index in [1.165, 1.54) is 0 Å². The normalized spacial score (nSPS) is 10.7. The Hall–Kier alpha value is -3.80. The van der Waals surface area contributed by atoms with Crippen LogP contribution in [-0.2, 0) is 17.9 Å². The molecule has 0 radical (unpaired) electrons. The summed E-state index contributed by atoms with van der Waals surface area (Å²) in [6.45, 7) is 2.60. The molecule has 6 nitrogen and oxygen atoms in total. The number of carbonyl (C=O) groups is 1. The summed E-state index contributed by atoms with van der Waals surface area (Å²) in [5.41, 5.74) is 5.00. The fourth-order valence-electron chi connectivity index (χ4n) is 3.47. The number of aromatic nitrogens is 3. The van der Waals surface area contributed by atoms with Gasteiger partial charge in [0.25, 0.3) is 0 Å². The van der Waals surface area contributed by atoms with Gasteiger partial charge >= 0.3 is 0 Å². The average Bonchev–Trinajstić information content (AvgIpc) is 2.78. The van der Waals surface area contributed by atoms with Gasteiger partial charge in [-0.15, -0.1) is 0 Å². The van der Waals surface area contributed by atoms with Gasteiger partial charge in [0.1, 0.15) is 12.1 Å². The average molecular weight is 397 g/mol. The number of hydrogen-bond acceptors (Lipinski definition) is 5. The van der Waals surface area contributed by atoms with Gasteiger partial charge in [0.05, 0.1) is 17.8 Å². The van der Waals surface area contributed by atoms with Crippen LogP contribution in [0.15, 0.2) is 73.2 Å². The van der Waals surface area contributed by atoms with E-state index in [2.05, 4.69) is 44.5 Å². The van der Waals surface area contributed by atoms with Crippen molar-refractivity contribution in [2.45, 2.75) is 20.0 Å². The number of nitrogens with one attached hydrogen (secondary N) is 1. The van der Waals surface area contributed by atoms with Crippen molar-refractivity contribution in [1.82, 2.24) is 19.9 Å². The molecule has 6 heteroatoms. The molecule has 1 amide bonds. The molecule has 2 aromatic heterocycles. The van der Waals surface area contributed by atoms with Crippen LogP contribution in [-0.4, -0.2) is 32.8 Å². The molecule has 1 N–H and O–H groups in total. The zero-order chi connectivity index (χ0) is 20.9. The number of amides is 1. The van der Waals surface area contributed by atoms with Crippen LogP contribution in [0, 0.1) is 0 Å². The summed E-state index contributed by atoms with van der Waals surface area (Å²) in [5, 5.41) is 4.10. The first-order valence-electron chi connectivity index (χ1n) is 9.81. The lowest BCUT2D eigenvalue weighted by Crippen LogP contribution is -2.28. The van der Waals surface area contributed by atoms with Crippen molar-refractivity contribution < 1.29 is 4.79 Å². The second-order valence-electron chi connectivity index (χ2n) is 7.10. The zero-order valence-corrected chi connectivity index (χ0v) is 17.0. The number of anilines is 1. The maximum absolute atomic E-state index is 12.2. The molecular formula is C24H23N5O. The molecule has 2 aromatic carbocycles. The minimum absolute atomic E-state index is 0.0209. The van der Waals surface area contributed by atoms with Gasteiger partial charge in [-0.2, -0.15) is 0 Å². The highest BCUT2D eigenvalue weighted by Gasteiger charge is 2.12. The third-order valence-corrected chi connectivity index (χ3v) is 5.03. The number of benzene rings is 2. The number of rotatable bonds is 6. The van der Waals surface area contributed by atoms with Gasteiger partial charge in [-0.05, 0) is 47.0 Å². The van der Waals surface area contributed by atoms with Gasteiger partial charge in [0, 0.05) is 32.1 Å². The SMILES string of the molecule is CNc1ncnc2ccc(-c3cccc(CN(Cc4ccccn4)C(C)=O)c3)cc12. The van der Waals surface area contributed by atoms with Crippen LogP contribution in [0.1, 0.15) is 18.2 Å². The molecule has 2 heterocycles. The predicted molar refractivity (Wildman–Crippen MR) is 119 cm³/mol. The number of fused-ring (bicyclic) bond motifs is 1. The lowest BCUT2D eigenvalue weighted by atomic mass is 10.0. The van der Waals surface area contributed by atoms with Crippen LogP contribution in [0.2, 0.25) is 0 Å². The molecule has 4 aromatic rings. The van der Waals surface area contributed by atoms with Crippen molar-refractivity contribution in [3.63, 3.8) is 0 Å². The van der Waals surface area contributed by atoms with Gasteiger partial charge in [-0.1, -0.05) is 30.3 Å². The second kappa shape index (κ2) is 8.69. The van der Waals surface area contributed by atoms with Gasteiger partial charge < -0.3 is 10.2 Å². The molecule has 0 unspecified atom stereocenters. The van der Waals surface area contributed by atoms with Crippen molar-refractivity contribution >= 4 is 22.6 Å². The monoisotopic (exact) mass is 397 g/mol. The Morgan fingerprint density at radius 2 is 1.80 bits per heavy atom. The van der Waals surface area contributed by atoms with E-state index in [-0.39, 0.29) is 5.91 Å². The first-order valence-corrected chi connectivity index (χ1v) is 9.81. The molecule has 0 fully saturated rings. The van der Waals surface area contributed by atoms with Gasteiger partial charge in [0.15, 0.2) is 0 Å². The van der Waals surface area contributed by atoms with Gasteiger partial charge in [-0.25, -0.2) is 9.97 Å². The fraction of sp³-hybridized carbons (Fsp3) is 0.167. The van der Waals surface area contributed by atoms with E-state index in [0.717, 1.165) is 39.1 Å². The van der Waals surface area contributed by atoms with Crippen molar-refractivity contribution in [3.05, 3.63) is 84.4 Å². The molecule has 0 saturated carbocycles. The minimum Gasteiger partial charge on any atom is -0.373 e. The summed E-state index contributed by atoms with van der Waals surface area (Å²) in [6, 6.07) is 20.2. The van der Waals surface area contributed by atoms with E-state index in [1.54, 1.807) is 24.3 Å². The molecule has 150 valence electrons. The van der Waals surface area contributed by atoms with Crippen molar-refractivity contribution in [3.8, 4) is 11.1 Å². The quantitative estimate of drug-likeness (QED) is 0.526. The van der Waals surface area contributed by atoms with E-state index < -0.39 is 0 Å². The summed E-state index contributed by atoms with van der Waals surface area (Å²) in [5.74, 6) is 0.823. The fourth-order valence-corrected chi connectivity index (χ4v) is 3.47. The Labute approximate surface area is 175 Å². The first-order chi connectivity index (χ1) is 14.6. The van der Waals surface area contributed by atoms with Crippen molar-refractivity contribution in [2.24, 2.45) is 0 Å². The topological polar surface area (TPSA) is 71.0 Å². The summed E-state index contributed by atoms with van der Waals surface area (Å²) in [4.78, 5) is 27.0. The van der Waals surface area contributed by atoms with E-state index in [9.17, 15) is 4.79 Å². The van der Waals surface area contributed by atoms with Crippen LogP contribution in [0.3, 0.4) is 0 Å². The summed E-state index contributed by atoms with van der Waals surface area (Å²) in [7, 11) is 1.85. The molecule has 0 atom stereocenters. The van der Waals surface area contributed by atoms with E-state index in [4.69, 9.17) is 0 Å². The van der Waals surface area contributed by atoms with Crippen molar-refractivity contribution in [2.75, 3.05) is 12.4 Å². The zero-order valence-electron chi connectivity index (χ0n) is 17.0. The third-order valence-electron chi connectivity index (χ3n) is 5.03. The van der Waals surface area contributed by atoms with E-state index in [0.29, 0.717) is 13.1 Å². The van der Waals surface area contributed by atoms with E-state index >= 15 is 0 Å². The number of nitrogens with zero attached hydrogens (tertiary/aromatic N) is 4. The highest BCUT2D eigenvalue weighted by atomic mass is 16.2. The standard InChI is InChI=1S/C24H23N5O/c1-17(30)29(15-21-8-3-4-11-26-21)14-18-6-5-7-19(12-18)20-9-10-23-22(13-20)24(25-2)28-16-27-23/h3-13,16H,14-15H2,1-2H3,(H,25,27,28). The number of pyridine rings is 1. The van der Waals surface area contributed by atoms with Gasteiger partial charge in [0.2, 0.25) is 5.91 Å². The lowest BCUT2D eigenvalue weighted by Gasteiger charge is -2.21. The highest BCUT2D eigenvalue weighted by molar-refractivity contribution is 5.92. The van der Waals surface area contributed by atoms with Crippen LogP contribution in [0.5, 0.6) is 0 Å². The lowest BCUT2D eigenvalue weighted by molar-refractivity contribution is -0.130. The molecule has 30 heavy (non-hydrogen) atoms. The summed E-state index contributed by atoms with van der Waals surface area (Å²) >= 11 is 0. The summed E-state index contributed by atoms with van der Waals surface area (Å²) in [6.07, 6.45) is 3.31. The van der Waals surface area contributed by atoms with Crippen LogP contribution >= 0.6 is 0 Å². The Bertz CT molecular complexity index is 1180. The Kier molecular flexibility index (Phi) is 5.66. The minimum atomic E-state index is 0.0209. The second-order valence-corrected chi connectivity index (χ2v) is 7.10. The number of hydrogen-bond donors (Lipinski definition) is 1. The maximum Gasteiger partial charge on any atom is 0.220 e. The summed E-state index contributed by atoms with van der Waals surface area (Å²) < 4.78 is 0. The smallest absolute Gasteiger partial charge is 0.220 e. The third kappa shape index (κ3) is 4.27. The highest BCUT2D eigenvalue weighted by Crippen LogP contribution is 2.27. The first kappa shape index (κ1) is 19.5. The molecule has 0 spiro atoms. The Morgan fingerprint density at radius 3 is 2.57 bits per heavy atom. The van der Waals surface area contributed by atoms with Crippen LogP contribution in [0.4, 0.5) is 5.82 Å². The maximum atomic E-state index is 12.2. The largest absolute Gasteiger partial charge is 0.373 e. The van der Waals surface area contributed by atoms with Crippen molar-refractivity contribution in [1.29, 1.82) is 0 Å². The predicted octanol–water partition coefficient (Wildman–Crippen LogP) is 4.28. The molecule has 0 aliphatic carbocycles.